The minimum atomic E-state index is -4.08. The number of hydrogen-bond acceptors (Lipinski definition) is 8. The zero-order chi connectivity index (χ0) is 29.6. The van der Waals surface area contributed by atoms with E-state index < -0.39 is 33.4 Å². The molecule has 42 heavy (non-hydrogen) atoms. The second-order valence-corrected chi connectivity index (χ2v) is 11.6. The van der Waals surface area contributed by atoms with E-state index in [-0.39, 0.29) is 28.6 Å². The van der Waals surface area contributed by atoms with E-state index in [4.69, 9.17) is 14.2 Å². The summed E-state index contributed by atoms with van der Waals surface area (Å²) in [6, 6.07) is 9.92. The molecule has 0 bridgehead atoms. The number of amides is 2. The third-order valence-electron chi connectivity index (χ3n) is 7.33. The van der Waals surface area contributed by atoms with Crippen molar-refractivity contribution in [2.75, 3.05) is 50.7 Å². The van der Waals surface area contributed by atoms with Crippen LogP contribution in [0.3, 0.4) is 0 Å². The van der Waals surface area contributed by atoms with E-state index in [2.05, 4.69) is 15.2 Å². The second-order valence-electron chi connectivity index (χ2n) is 9.78. The molecule has 2 aromatic heterocycles. The maximum atomic E-state index is 15.3. The summed E-state index contributed by atoms with van der Waals surface area (Å²) in [6.07, 6.45) is 1.40. The summed E-state index contributed by atoms with van der Waals surface area (Å²) in [6.45, 7) is 2.32. The summed E-state index contributed by atoms with van der Waals surface area (Å²) >= 11 is 0. The Balaban J connectivity index is 1.48. The summed E-state index contributed by atoms with van der Waals surface area (Å²) < 4.78 is 75.0. The molecule has 4 heterocycles. The number of hydrogen-bond donors (Lipinski definition) is 1. The van der Waals surface area contributed by atoms with Gasteiger partial charge in [0.1, 0.15) is 5.69 Å². The lowest BCUT2D eigenvalue weighted by Gasteiger charge is -2.30. The van der Waals surface area contributed by atoms with Gasteiger partial charge in [-0.15, -0.1) is 0 Å². The molecule has 0 spiro atoms. The molecule has 1 fully saturated rings. The fourth-order valence-corrected chi connectivity index (χ4v) is 6.76. The van der Waals surface area contributed by atoms with Gasteiger partial charge in [0, 0.05) is 42.8 Å². The lowest BCUT2D eigenvalue weighted by molar-refractivity contribution is 0.0336. The van der Waals surface area contributed by atoms with Gasteiger partial charge in [0.25, 0.3) is 10.0 Å². The highest BCUT2D eigenvalue weighted by atomic mass is 32.2. The van der Waals surface area contributed by atoms with Gasteiger partial charge in [-0.05, 0) is 18.2 Å². The quantitative estimate of drug-likeness (QED) is 0.340. The van der Waals surface area contributed by atoms with Crippen molar-refractivity contribution in [3.05, 3.63) is 71.6 Å². The maximum absolute atomic E-state index is 15.3. The minimum Gasteiger partial charge on any atom is -0.493 e. The fraction of sp³-hybridized carbons (Fsp3) is 0.286. The first-order chi connectivity index (χ1) is 20.2. The Morgan fingerprint density at radius 1 is 1.02 bits per heavy atom. The fourth-order valence-electron chi connectivity index (χ4n) is 5.26. The molecule has 11 nitrogen and oxygen atoms in total. The van der Waals surface area contributed by atoms with Crippen LogP contribution in [0.2, 0.25) is 0 Å². The highest BCUT2D eigenvalue weighted by Crippen LogP contribution is 2.41. The Bertz CT molecular complexity index is 1760. The van der Waals surface area contributed by atoms with Gasteiger partial charge in [-0.3, -0.25) is 9.80 Å². The molecule has 2 aliphatic heterocycles. The number of carbonyl (C=O) groups is 1. The summed E-state index contributed by atoms with van der Waals surface area (Å²) in [5.74, 6) is -2.74. The summed E-state index contributed by atoms with van der Waals surface area (Å²) in [4.78, 5) is 20.9. The molecule has 14 heteroatoms. The molecular formula is C28H27F2N5O6S. The number of aromatic nitrogens is 2. The molecule has 4 aromatic rings. The zero-order valence-corrected chi connectivity index (χ0v) is 23.6. The third-order valence-corrected chi connectivity index (χ3v) is 9.09. The van der Waals surface area contributed by atoms with Gasteiger partial charge in [0.15, 0.2) is 28.8 Å². The lowest BCUT2D eigenvalue weighted by Crippen LogP contribution is -2.40. The molecule has 0 aliphatic carbocycles. The second kappa shape index (κ2) is 10.9. The monoisotopic (exact) mass is 599 g/mol. The number of rotatable bonds is 7. The van der Waals surface area contributed by atoms with Crippen LogP contribution in [0.15, 0.2) is 53.6 Å². The predicted molar refractivity (Wildman–Crippen MR) is 150 cm³/mol. The van der Waals surface area contributed by atoms with Crippen LogP contribution in [0.1, 0.15) is 11.3 Å². The number of morpholine rings is 1. The van der Waals surface area contributed by atoms with Gasteiger partial charge in [0.2, 0.25) is 0 Å². The standard InChI is InChI=1S/C28H27F2N5O6S/c1-39-21-13-22(40-2)24(30)26(23(21)29)34-15-17-14-31-27-20(25(17)32-28(34)36)12-18(16-33-8-10-41-11-9-33)35(27)42(37,38)19-6-4-3-5-7-19/h3-7,12-14H,8-11,15-16H2,1-2H3,(H,32,36). The molecule has 1 N–H and O–H groups in total. The van der Waals surface area contributed by atoms with E-state index in [1.165, 1.54) is 36.5 Å². The lowest BCUT2D eigenvalue weighted by atomic mass is 10.1. The highest BCUT2D eigenvalue weighted by molar-refractivity contribution is 7.90. The Kier molecular flexibility index (Phi) is 7.20. The van der Waals surface area contributed by atoms with E-state index in [0.717, 1.165) is 11.0 Å². The zero-order valence-electron chi connectivity index (χ0n) is 22.8. The van der Waals surface area contributed by atoms with Gasteiger partial charge in [-0.2, -0.15) is 0 Å². The van der Waals surface area contributed by atoms with Gasteiger partial charge >= 0.3 is 6.03 Å². The number of benzene rings is 2. The van der Waals surface area contributed by atoms with E-state index in [1.807, 2.05) is 0 Å². The predicted octanol–water partition coefficient (Wildman–Crippen LogP) is 3.95. The maximum Gasteiger partial charge on any atom is 0.326 e. The summed E-state index contributed by atoms with van der Waals surface area (Å²) in [7, 11) is -1.64. The number of nitrogens with zero attached hydrogens (tertiary/aromatic N) is 4. The van der Waals surface area contributed by atoms with Crippen LogP contribution in [0.4, 0.5) is 25.0 Å². The Labute approximate surface area is 240 Å². The van der Waals surface area contributed by atoms with Crippen LogP contribution in [-0.4, -0.2) is 68.8 Å². The van der Waals surface area contributed by atoms with Crippen molar-refractivity contribution in [3.63, 3.8) is 0 Å². The average Bonchev–Trinajstić information content (AvgIpc) is 3.38. The van der Waals surface area contributed by atoms with Gasteiger partial charge in [-0.1, -0.05) is 18.2 Å². The molecule has 0 atom stereocenters. The number of halogens is 2. The van der Waals surface area contributed by atoms with Gasteiger partial charge in [0.05, 0.1) is 50.3 Å². The third kappa shape index (κ3) is 4.61. The number of fused-ring (bicyclic) bond motifs is 3. The SMILES string of the molecule is COc1cc(OC)c(F)c(N2Cc3cnc4c(cc(CN5CCOCC5)n4S(=O)(=O)c4ccccc4)c3NC2=O)c1F. The van der Waals surface area contributed by atoms with Crippen molar-refractivity contribution in [2.45, 2.75) is 18.0 Å². The van der Waals surface area contributed by atoms with Crippen molar-refractivity contribution >= 4 is 38.5 Å². The normalized spacial score (nSPS) is 15.9. The molecule has 220 valence electrons. The van der Waals surface area contributed by atoms with E-state index in [9.17, 15) is 13.2 Å². The molecule has 0 saturated carbocycles. The average molecular weight is 600 g/mol. The van der Waals surface area contributed by atoms with Crippen LogP contribution in [0, 0.1) is 11.6 Å². The molecule has 2 aliphatic rings. The van der Waals surface area contributed by atoms with Crippen molar-refractivity contribution in [1.29, 1.82) is 0 Å². The van der Waals surface area contributed by atoms with Crippen LogP contribution < -0.4 is 19.7 Å². The number of nitrogens with one attached hydrogen (secondary N) is 1. The van der Waals surface area contributed by atoms with Crippen molar-refractivity contribution in [2.24, 2.45) is 0 Å². The molecule has 0 radical (unpaired) electrons. The smallest absolute Gasteiger partial charge is 0.326 e. The summed E-state index contributed by atoms with van der Waals surface area (Å²) in [5, 5.41) is 3.09. The molecule has 2 aromatic carbocycles. The Morgan fingerprint density at radius 3 is 2.33 bits per heavy atom. The first-order valence-electron chi connectivity index (χ1n) is 13.1. The Hall–Kier alpha value is -4.27. The molecule has 2 amide bonds. The number of anilines is 2. The number of urea groups is 1. The van der Waals surface area contributed by atoms with E-state index in [1.54, 1.807) is 24.3 Å². The molecule has 1 saturated heterocycles. The number of ether oxygens (including phenoxy) is 3. The minimum absolute atomic E-state index is 0.0818. The first-order valence-corrected chi connectivity index (χ1v) is 14.5. The molecule has 6 rings (SSSR count). The van der Waals surface area contributed by atoms with Gasteiger partial charge < -0.3 is 19.5 Å². The first kappa shape index (κ1) is 27.9. The number of carbonyl (C=O) groups excluding carboxylic acids is 1. The van der Waals surface area contributed by atoms with E-state index in [0.29, 0.717) is 55.2 Å². The number of methoxy groups -OCH3 is 2. The van der Waals surface area contributed by atoms with Crippen molar-refractivity contribution < 1.29 is 36.2 Å². The summed E-state index contributed by atoms with van der Waals surface area (Å²) in [5.41, 5.74) is 0.654. The van der Waals surface area contributed by atoms with E-state index >= 15 is 8.78 Å². The largest absolute Gasteiger partial charge is 0.493 e. The van der Waals surface area contributed by atoms with Crippen LogP contribution in [-0.2, 0) is 27.8 Å². The molecule has 0 unspecified atom stereocenters. The van der Waals surface area contributed by atoms with Crippen LogP contribution >= 0.6 is 0 Å². The highest BCUT2D eigenvalue weighted by Gasteiger charge is 2.35. The number of pyridine rings is 1. The topological polar surface area (TPSA) is 115 Å². The Morgan fingerprint density at radius 2 is 1.69 bits per heavy atom. The van der Waals surface area contributed by atoms with Gasteiger partial charge in [-0.25, -0.2) is 30.9 Å². The van der Waals surface area contributed by atoms with Crippen LogP contribution in [0.25, 0.3) is 11.0 Å². The van der Waals surface area contributed by atoms with Crippen molar-refractivity contribution in [1.82, 2.24) is 13.9 Å². The molecular weight excluding hydrogens is 572 g/mol. The van der Waals surface area contributed by atoms with Crippen molar-refractivity contribution in [3.8, 4) is 11.5 Å². The van der Waals surface area contributed by atoms with Crippen LogP contribution in [0.5, 0.6) is 11.5 Å².